The molecule has 0 aliphatic heterocycles. The summed E-state index contributed by atoms with van der Waals surface area (Å²) >= 11 is 11.9. The predicted octanol–water partition coefficient (Wildman–Crippen LogP) is 5.26. The van der Waals surface area contributed by atoms with Gasteiger partial charge in [-0.15, -0.1) is 0 Å². The summed E-state index contributed by atoms with van der Waals surface area (Å²) in [5.41, 5.74) is 0.525. The number of amides is 2. The zero-order valence-corrected chi connectivity index (χ0v) is 18.2. The normalized spacial score (nSPS) is 18.7. The molecule has 1 aromatic carbocycles. The summed E-state index contributed by atoms with van der Waals surface area (Å²) in [7, 11) is 0. The largest absolute Gasteiger partial charge is 0.473 e. The SMILES string of the molecule is O=C(NCC(F)(F)F)c1ccc(NC(=O)C2CCC(Oc3ncc(Cl)cc3Cl)CC2)cc1. The highest BCUT2D eigenvalue weighted by Gasteiger charge is 2.29. The molecule has 11 heteroatoms. The fraction of sp³-hybridized carbons (Fsp3) is 0.381. The third kappa shape index (κ3) is 7.00. The minimum absolute atomic E-state index is 0.0689. The van der Waals surface area contributed by atoms with Crippen molar-refractivity contribution < 1.29 is 27.5 Å². The number of benzene rings is 1. The van der Waals surface area contributed by atoms with Gasteiger partial charge in [0.2, 0.25) is 11.8 Å². The van der Waals surface area contributed by atoms with Crippen LogP contribution in [0.1, 0.15) is 36.0 Å². The quantitative estimate of drug-likeness (QED) is 0.580. The van der Waals surface area contributed by atoms with Crippen molar-refractivity contribution in [2.45, 2.75) is 38.0 Å². The Bertz CT molecular complexity index is 963. The first kappa shape index (κ1) is 24.1. The maximum Gasteiger partial charge on any atom is 0.405 e. The molecular formula is C21H20Cl2F3N3O3. The van der Waals surface area contributed by atoms with Crippen LogP contribution in [0.4, 0.5) is 18.9 Å². The molecule has 1 aromatic heterocycles. The number of ether oxygens (including phenoxy) is 1. The summed E-state index contributed by atoms with van der Waals surface area (Å²) in [6.07, 6.45) is -0.620. The van der Waals surface area contributed by atoms with Crippen molar-refractivity contribution in [2.24, 2.45) is 5.92 Å². The highest BCUT2D eigenvalue weighted by atomic mass is 35.5. The number of rotatable bonds is 6. The van der Waals surface area contributed by atoms with Gasteiger partial charge in [-0.25, -0.2) is 4.98 Å². The minimum Gasteiger partial charge on any atom is -0.473 e. The second-order valence-electron chi connectivity index (χ2n) is 7.40. The number of carbonyl (C=O) groups excluding carboxylic acids is 2. The monoisotopic (exact) mass is 489 g/mol. The van der Waals surface area contributed by atoms with Crippen LogP contribution in [0.15, 0.2) is 36.5 Å². The van der Waals surface area contributed by atoms with Gasteiger partial charge in [0, 0.05) is 23.4 Å². The average Bonchev–Trinajstić information content (AvgIpc) is 2.74. The summed E-state index contributed by atoms with van der Waals surface area (Å²) < 4.78 is 42.4. The van der Waals surface area contributed by atoms with E-state index in [1.54, 1.807) is 11.4 Å². The van der Waals surface area contributed by atoms with Gasteiger partial charge in [0.15, 0.2) is 0 Å². The third-order valence-corrected chi connectivity index (χ3v) is 5.44. The Hall–Kier alpha value is -2.52. The fourth-order valence-corrected chi connectivity index (χ4v) is 3.75. The number of alkyl halides is 3. The molecule has 0 radical (unpaired) electrons. The maximum absolute atomic E-state index is 12.6. The van der Waals surface area contributed by atoms with Crippen molar-refractivity contribution in [1.29, 1.82) is 0 Å². The molecule has 1 saturated carbocycles. The van der Waals surface area contributed by atoms with Crippen LogP contribution < -0.4 is 15.4 Å². The molecule has 32 heavy (non-hydrogen) atoms. The Morgan fingerprint density at radius 1 is 1.09 bits per heavy atom. The summed E-state index contributed by atoms with van der Waals surface area (Å²) in [4.78, 5) is 28.4. The number of nitrogens with one attached hydrogen (secondary N) is 2. The van der Waals surface area contributed by atoms with E-state index in [0.29, 0.717) is 47.3 Å². The lowest BCUT2D eigenvalue weighted by atomic mass is 9.86. The summed E-state index contributed by atoms with van der Waals surface area (Å²) in [6, 6.07) is 7.21. The van der Waals surface area contributed by atoms with E-state index in [1.807, 2.05) is 0 Å². The van der Waals surface area contributed by atoms with Gasteiger partial charge in [-0.3, -0.25) is 9.59 Å². The van der Waals surface area contributed by atoms with E-state index in [4.69, 9.17) is 27.9 Å². The molecular weight excluding hydrogens is 470 g/mol. The molecule has 0 saturated heterocycles. The van der Waals surface area contributed by atoms with Gasteiger partial charge >= 0.3 is 6.18 Å². The zero-order valence-electron chi connectivity index (χ0n) is 16.7. The fourth-order valence-electron chi connectivity index (χ4n) is 3.32. The highest BCUT2D eigenvalue weighted by Crippen LogP contribution is 2.31. The Morgan fingerprint density at radius 2 is 1.75 bits per heavy atom. The molecule has 3 rings (SSSR count). The molecule has 0 unspecified atom stereocenters. The number of halogens is 5. The lowest BCUT2D eigenvalue weighted by molar-refractivity contribution is -0.123. The molecule has 6 nitrogen and oxygen atoms in total. The Labute approximate surface area is 192 Å². The average molecular weight is 490 g/mol. The van der Waals surface area contributed by atoms with Gasteiger partial charge in [0.25, 0.3) is 5.91 Å². The first-order valence-electron chi connectivity index (χ1n) is 9.84. The van der Waals surface area contributed by atoms with Crippen molar-refractivity contribution in [3.05, 3.63) is 52.1 Å². The molecule has 2 N–H and O–H groups in total. The van der Waals surface area contributed by atoms with Gasteiger partial charge in [0.05, 0.1) is 5.02 Å². The lowest BCUT2D eigenvalue weighted by Gasteiger charge is -2.28. The van der Waals surface area contributed by atoms with Crippen molar-refractivity contribution in [1.82, 2.24) is 10.3 Å². The predicted molar refractivity (Wildman–Crippen MR) is 114 cm³/mol. The van der Waals surface area contributed by atoms with Gasteiger partial charge < -0.3 is 15.4 Å². The van der Waals surface area contributed by atoms with E-state index in [-0.39, 0.29) is 23.5 Å². The van der Waals surface area contributed by atoms with Crippen LogP contribution in [0.25, 0.3) is 0 Å². The van der Waals surface area contributed by atoms with Crippen LogP contribution >= 0.6 is 23.2 Å². The van der Waals surface area contributed by atoms with E-state index in [9.17, 15) is 22.8 Å². The number of pyridine rings is 1. The van der Waals surface area contributed by atoms with E-state index < -0.39 is 18.6 Å². The van der Waals surface area contributed by atoms with E-state index in [0.717, 1.165) is 0 Å². The molecule has 0 bridgehead atoms. The Balaban J connectivity index is 1.47. The van der Waals surface area contributed by atoms with Crippen molar-refractivity contribution >= 4 is 40.7 Å². The Morgan fingerprint density at radius 3 is 2.34 bits per heavy atom. The molecule has 1 aliphatic rings. The second kappa shape index (κ2) is 10.4. The second-order valence-corrected chi connectivity index (χ2v) is 8.24. The smallest absolute Gasteiger partial charge is 0.405 e. The first-order chi connectivity index (χ1) is 15.1. The highest BCUT2D eigenvalue weighted by molar-refractivity contribution is 6.35. The van der Waals surface area contributed by atoms with E-state index >= 15 is 0 Å². The van der Waals surface area contributed by atoms with Crippen molar-refractivity contribution in [3.63, 3.8) is 0 Å². The molecule has 2 aromatic rings. The van der Waals surface area contributed by atoms with Gasteiger partial charge in [-0.1, -0.05) is 23.2 Å². The van der Waals surface area contributed by atoms with Crippen molar-refractivity contribution in [2.75, 3.05) is 11.9 Å². The minimum atomic E-state index is -4.48. The number of anilines is 1. The summed E-state index contributed by atoms with van der Waals surface area (Å²) in [5.74, 6) is -0.907. The summed E-state index contributed by atoms with van der Waals surface area (Å²) in [6.45, 7) is -1.41. The Kier molecular flexibility index (Phi) is 7.84. The first-order valence-corrected chi connectivity index (χ1v) is 10.6. The zero-order chi connectivity index (χ0) is 23.3. The van der Waals surface area contributed by atoms with Crippen LogP contribution in [0, 0.1) is 5.92 Å². The third-order valence-electron chi connectivity index (χ3n) is 4.96. The molecule has 2 amide bonds. The number of hydrogen-bond donors (Lipinski definition) is 2. The molecule has 1 heterocycles. The van der Waals surface area contributed by atoms with Crippen molar-refractivity contribution in [3.8, 4) is 5.88 Å². The maximum atomic E-state index is 12.6. The van der Waals surface area contributed by atoms with Crippen LogP contribution in [0.2, 0.25) is 10.0 Å². The molecule has 0 atom stereocenters. The number of carbonyl (C=O) groups is 2. The van der Waals surface area contributed by atoms with Crippen LogP contribution in [0.3, 0.4) is 0 Å². The molecule has 1 aliphatic carbocycles. The lowest BCUT2D eigenvalue weighted by Crippen LogP contribution is -2.33. The van der Waals surface area contributed by atoms with E-state index in [1.165, 1.54) is 30.5 Å². The van der Waals surface area contributed by atoms with Crippen LogP contribution in [-0.4, -0.2) is 35.6 Å². The number of aromatic nitrogens is 1. The van der Waals surface area contributed by atoms with Crippen LogP contribution in [-0.2, 0) is 4.79 Å². The molecule has 0 spiro atoms. The van der Waals surface area contributed by atoms with Crippen LogP contribution in [0.5, 0.6) is 5.88 Å². The molecule has 1 fully saturated rings. The number of nitrogens with zero attached hydrogens (tertiary/aromatic N) is 1. The van der Waals surface area contributed by atoms with E-state index in [2.05, 4.69) is 10.3 Å². The topological polar surface area (TPSA) is 80.3 Å². The van der Waals surface area contributed by atoms with Gasteiger partial charge in [-0.05, 0) is 56.0 Å². The number of hydrogen-bond acceptors (Lipinski definition) is 4. The van der Waals surface area contributed by atoms with Gasteiger partial charge in [-0.2, -0.15) is 13.2 Å². The molecule has 172 valence electrons. The summed E-state index contributed by atoms with van der Waals surface area (Å²) in [5, 5.41) is 5.31. The standard InChI is InChI=1S/C21H20Cl2F3N3O3/c22-14-9-17(23)20(27-10-14)32-16-7-3-13(4-8-16)19(31)29-15-5-1-12(2-6-15)18(30)28-11-21(24,25)26/h1-2,5-6,9-10,13,16H,3-4,7-8,11H2,(H,28,30)(H,29,31). The van der Waals surface area contributed by atoms with Gasteiger partial charge in [0.1, 0.15) is 17.7 Å².